The van der Waals surface area contributed by atoms with E-state index in [-0.39, 0.29) is 5.71 Å². The number of hydrazone groups is 1. The number of hydrogen-bond acceptors (Lipinski definition) is 6. The first-order valence-electron chi connectivity index (χ1n) is 9.00. The molecule has 2 atom stereocenters. The van der Waals surface area contributed by atoms with E-state index in [1.165, 1.54) is 12.1 Å². The van der Waals surface area contributed by atoms with Crippen molar-refractivity contribution in [3.05, 3.63) is 58.6 Å². The fraction of sp³-hybridized carbons (Fsp3) is 0.238. The van der Waals surface area contributed by atoms with Gasteiger partial charge < -0.3 is 4.74 Å². The lowest BCUT2D eigenvalue weighted by molar-refractivity contribution is -0.133. The number of hydrogen-bond donors (Lipinski definition) is 0. The molecule has 0 spiro atoms. The molecule has 4 rings (SSSR count). The van der Waals surface area contributed by atoms with Crippen molar-refractivity contribution in [2.45, 2.75) is 19.9 Å². The van der Waals surface area contributed by atoms with E-state index in [9.17, 15) is 14.4 Å². The minimum absolute atomic E-state index is 0.0838. The Kier molecular flexibility index (Phi) is 4.62. The highest BCUT2D eigenvalue weighted by molar-refractivity contribution is 6.47. The summed E-state index contributed by atoms with van der Waals surface area (Å²) in [5.74, 6) is -2.77. The Hall–Kier alpha value is -3.19. The normalized spacial score (nSPS) is 20.8. The number of nitrogens with zero attached hydrogens (tertiary/aromatic N) is 3. The van der Waals surface area contributed by atoms with Gasteiger partial charge in [-0.15, -0.1) is 0 Å². The number of methoxy groups -OCH3 is 1. The topological polar surface area (TPSA) is 79.3 Å². The second-order valence-corrected chi connectivity index (χ2v) is 7.39. The predicted molar refractivity (Wildman–Crippen MR) is 109 cm³/mol. The molecule has 8 heteroatoms. The number of anilines is 2. The summed E-state index contributed by atoms with van der Waals surface area (Å²) in [6, 6.07) is 11.4. The lowest BCUT2D eigenvalue weighted by Gasteiger charge is -2.23. The first kappa shape index (κ1) is 19.1. The highest BCUT2D eigenvalue weighted by Crippen LogP contribution is 2.39. The number of rotatable bonds is 3. The molecule has 0 aromatic heterocycles. The second-order valence-electron chi connectivity index (χ2n) is 6.98. The van der Waals surface area contributed by atoms with E-state index in [1.54, 1.807) is 31.2 Å². The number of carbonyl (C=O) groups is 3. The Labute approximate surface area is 172 Å². The Balaban J connectivity index is 1.84. The zero-order valence-electron chi connectivity index (χ0n) is 16.0. The predicted octanol–water partition coefficient (Wildman–Crippen LogP) is 2.86. The number of halogens is 1. The number of esters is 1. The minimum atomic E-state index is -1.05. The monoisotopic (exact) mass is 411 g/mol. The van der Waals surface area contributed by atoms with Crippen molar-refractivity contribution in [1.82, 2.24) is 0 Å². The lowest BCUT2D eigenvalue weighted by Crippen LogP contribution is -2.39. The van der Waals surface area contributed by atoms with Crippen molar-refractivity contribution in [2.75, 3.05) is 17.0 Å². The Morgan fingerprint density at radius 2 is 1.83 bits per heavy atom. The summed E-state index contributed by atoms with van der Waals surface area (Å²) in [6.07, 6.45) is 0. The number of amides is 2. The van der Waals surface area contributed by atoms with Gasteiger partial charge in [-0.2, -0.15) is 5.10 Å². The summed E-state index contributed by atoms with van der Waals surface area (Å²) in [5.41, 5.74) is 2.49. The molecule has 7 nitrogen and oxygen atoms in total. The summed E-state index contributed by atoms with van der Waals surface area (Å²) >= 11 is 6.19. The van der Waals surface area contributed by atoms with Gasteiger partial charge in [-0.1, -0.05) is 29.8 Å². The van der Waals surface area contributed by atoms with Gasteiger partial charge in [0, 0.05) is 5.02 Å². The van der Waals surface area contributed by atoms with E-state index in [4.69, 9.17) is 16.3 Å². The number of aryl methyl sites for hydroxylation is 1. The van der Waals surface area contributed by atoms with Crippen LogP contribution in [-0.2, 0) is 19.1 Å². The van der Waals surface area contributed by atoms with Crippen LogP contribution < -0.4 is 9.91 Å². The van der Waals surface area contributed by atoms with Crippen molar-refractivity contribution in [3.63, 3.8) is 0 Å². The van der Waals surface area contributed by atoms with Crippen molar-refractivity contribution in [3.8, 4) is 0 Å². The Morgan fingerprint density at radius 1 is 1.10 bits per heavy atom. The van der Waals surface area contributed by atoms with Gasteiger partial charge in [0.05, 0.1) is 18.5 Å². The third-order valence-corrected chi connectivity index (χ3v) is 5.60. The number of imide groups is 1. The van der Waals surface area contributed by atoms with Gasteiger partial charge in [-0.3, -0.25) is 14.6 Å². The molecule has 2 amide bonds. The van der Waals surface area contributed by atoms with Crippen molar-refractivity contribution >= 4 is 46.5 Å². The van der Waals surface area contributed by atoms with Crippen LogP contribution in [0.25, 0.3) is 0 Å². The first-order valence-corrected chi connectivity index (χ1v) is 9.38. The molecule has 2 aliphatic heterocycles. The Bertz CT molecular complexity index is 1080. The second kappa shape index (κ2) is 7.00. The fourth-order valence-electron chi connectivity index (χ4n) is 3.75. The van der Waals surface area contributed by atoms with Gasteiger partial charge in [0.2, 0.25) is 5.91 Å². The molecule has 2 heterocycles. The molecule has 0 N–H and O–H groups in total. The fourth-order valence-corrected chi connectivity index (χ4v) is 3.92. The van der Waals surface area contributed by atoms with Crippen molar-refractivity contribution in [2.24, 2.45) is 11.0 Å². The number of carbonyl (C=O) groups excluding carboxylic acids is 3. The Morgan fingerprint density at radius 3 is 2.52 bits per heavy atom. The maximum Gasteiger partial charge on any atom is 0.355 e. The molecule has 1 saturated heterocycles. The maximum atomic E-state index is 13.4. The molecule has 29 heavy (non-hydrogen) atoms. The van der Waals surface area contributed by atoms with E-state index in [0.717, 1.165) is 10.5 Å². The van der Waals surface area contributed by atoms with E-state index in [2.05, 4.69) is 5.10 Å². The van der Waals surface area contributed by atoms with E-state index in [1.807, 2.05) is 25.1 Å². The molecular formula is C21H18ClN3O4. The van der Waals surface area contributed by atoms with Crippen molar-refractivity contribution < 1.29 is 19.1 Å². The third kappa shape index (κ3) is 2.89. The smallest absolute Gasteiger partial charge is 0.355 e. The average Bonchev–Trinajstić information content (AvgIpc) is 3.21. The first-order chi connectivity index (χ1) is 13.8. The molecule has 2 aromatic carbocycles. The zero-order valence-corrected chi connectivity index (χ0v) is 16.8. The average molecular weight is 412 g/mol. The standard InChI is InChI=1S/C21H18ClN3O4/c1-11-6-4-7-13(10-11)25-18-16(17(23-25)21(28)29-3)19(26)24(20(18)27)15-9-5-8-14(22)12(15)2/h4-10,16,18H,1-3H3/t16-,18-/m1/s1. The van der Waals surface area contributed by atoms with E-state index < -0.39 is 29.7 Å². The largest absolute Gasteiger partial charge is 0.464 e. The van der Waals surface area contributed by atoms with E-state index >= 15 is 0 Å². The quantitative estimate of drug-likeness (QED) is 0.573. The SMILES string of the molecule is COC(=O)C1=NN(c2cccc(C)c2)[C@H]2C(=O)N(c3cccc(Cl)c3C)C(=O)[C@H]12. The van der Waals surface area contributed by atoms with Crippen LogP contribution in [0, 0.1) is 19.8 Å². The molecule has 148 valence electrons. The van der Waals surface area contributed by atoms with E-state index in [0.29, 0.717) is 22.0 Å². The highest BCUT2D eigenvalue weighted by Gasteiger charge is 2.59. The molecule has 1 fully saturated rings. The maximum absolute atomic E-state index is 13.4. The van der Waals surface area contributed by atoms with Gasteiger partial charge in [-0.05, 0) is 49.2 Å². The molecule has 2 aliphatic rings. The molecule has 0 aliphatic carbocycles. The number of ether oxygens (including phenoxy) is 1. The zero-order chi connectivity index (χ0) is 20.9. The summed E-state index contributed by atoms with van der Waals surface area (Å²) in [7, 11) is 1.22. The van der Waals surface area contributed by atoms with Crippen LogP contribution in [0.3, 0.4) is 0 Å². The molecule has 0 saturated carbocycles. The molecule has 2 aromatic rings. The van der Waals surface area contributed by atoms with Crippen LogP contribution in [-0.4, -0.2) is 36.6 Å². The molecule has 0 unspecified atom stereocenters. The number of benzene rings is 2. The van der Waals surface area contributed by atoms with Crippen LogP contribution >= 0.6 is 11.6 Å². The van der Waals surface area contributed by atoms with Crippen LogP contribution in [0.2, 0.25) is 5.02 Å². The van der Waals surface area contributed by atoms with Crippen LogP contribution in [0.1, 0.15) is 11.1 Å². The molecule has 0 radical (unpaired) electrons. The molecule has 0 bridgehead atoms. The van der Waals surface area contributed by atoms with Gasteiger partial charge in [0.1, 0.15) is 12.0 Å². The summed E-state index contributed by atoms with van der Waals surface area (Å²) in [6.45, 7) is 3.64. The molecular weight excluding hydrogens is 394 g/mol. The van der Waals surface area contributed by atoms with Crippen LogP contribution in [0.15, 0.2) is 47.6 Å². The van der Waals surface area contributed by atoms with Crippen molar-refractivity contribution in [1.29, 1.82) is 0 Å². The van der Waals surface area contributed by atoms with Gasteiger partial charge in [-0.25, -0.2) is 9.69 Å². The van der Waals surface area contributed by atoms with Gasteiger partial charge in [0.15, 0.2) is 5.71 Å². The lowest BCUT2D eigenvalue weighted by atomic mass is 9.97. The summed E-state index contributed by atoms with van der Waals surface area (Å²) in [4.78, 5) is 40.1. The van der Waals surface area contributed by atoms with Gasteiger partial charge in [0.25, 0.3) is 5.91 Å². The summed E-state index contributed by atoms with van der Waals surface area (Å²) in [5, 5.41) is 6.18. The van der Waals surface area contributed by atoms with Crippen LogP contribution in [0.4, 0.5) is 11.4 Å². The minimum Gasteiger partial charge on any atom is -0.464 e. The van der Waals surface area contributed by atoms with Crippen LogP contribution in [0.5, 0.6) is 0 Å². The third-order valence-electron chi connectivity index (χ3n) is 5.19. The summed E-state index contributed by atoms with van der Waals surface area (Å²) < 4.78 is 4.82. The van der Waals surface area contributed by atoms with Gasteiger partial charge >= 0.3 is 5.97 Å². The number of fused-ring (bicyclic) bond motifs is 1. The highest BCUT2D eigenvalue weighted by atomic mass is 35.5.